The van der Waals surface area contributed by atoms with Crippen LogP contribution in [0.15, 0.2) is 18.2 Å². The van der Waals surface area contributed by atoms with Crippen LogP contribution in [0.25, 0.3) is 0 Å². The molecule has 2 rings (SSSR count). The molecule has 0 saturated heterocycles. The van der Waals surface area contributed by atoms with E-state index in [0.29, 0.717) is 21.4 Å². The van der Waals surface area contributed by atoms with Crippen molar-refractivity contribution < 1.29 is 0 Å². The lowest BCUT2D eigenvalue weighted by Gasteiger charge is -2.41. The van der Waals surface area contributed by atoms with Gasteiger partial charge in [-0.05, 0) is 48.3 Å². The predicted octanol–water partition coefficient (Wildman–Crippen LogP) is 6.36. The third-order valence-corrected chi connectivity index (χ3v) is 5.64. The molecule has 0 N–H and O–H groups in total. The maximum atomic E-state index is 6.69. The first kappa shape index (κ1) is 15.5. The maximum Gasteiger partial charge on any atom is 0.0595 e. The first-order valence-corrected chi connectivity index (χ1v) is 8.17. The Bertz CT molecular complexity index is 440. The molecular weight excluding hydrogens is 299 g/mol. The number of alkyl halides is 1. The normalized spacial score (nSPS) is 24.2. The predicted molar refractivity (Wildman–Crippen MR) is 85.5 cm³/mol. The molecule has 0 nitrogen and oxygen atoms in total. The number of hydrogen-bond donors (Lipinski definition) is 0. The van der Waals surface area contributed by atoms with Crippen molar-refractivity contribution >= 4 is 34.8 Å². The summed E-state index contributed by atoms with van der Waals surface area (Å²) in [6, 6.07) is 5.82. The molecule has 0 aliphatic heterocycles. The molecule has 106 valence electrons. The van der Waals surface area contributed by atoms with E-state index in [2.05, 4.69) is 13.8 Å². The Balaban J connectivity index is 2.07. The Morgan fingerprint density at radius 1 is 1.21 bits per heavy atom. The average Bonchev–Trinajstić information content (AvgIpc) is 2.33. The molecule has 0 radical (unpaired) electrons. The van der Waals surface area contributed by atoms with Gasteiger partial charge in [-0.2, -0.15) is 0 Å². The highest BCUT2D eigenvalue weighted by molar-refractivity contribution is 6.42. The van der Waals surface area contributed by atoms with Crippen molar-refractivity contribution in [3.05, 3.63) is 33.8 Å². The van der Waals surface area contributed by atoms with E-state index in [0.717, 1.165) is 6.42 Å². The molecule has 1 fully saturated rings. The smallest absolute Gasteiger partial charge is 0.0595 e. The topological polar surface area (TPSA) is 0 Å². The summed E-state index contributed by atoms with van der Waals surface area (Å²) in [4.78, 5) is 0. The van der Waals surface area contributed by atoms with Crippen molar-refractivity contribution in [2.75, 3.05) is 0 Å². The second kappa shape index (κ2) is 6.24. The van der Waals surface area contributed by atoms with Crippen molar-refractivity contribution in [3.63, 3.8) is 0 Å². The van der Waals surface area contributed by atoms with Gasteiger partial charge in [-0.15, -0.1) is 11.6 Å². The zero-order valence-corrected chi connectivity index (χ0v) is 13.8. The average molecular weight is 320 g/mol. The lowest BCUT2D eigenvalue weighted by Crippen LogP contribution is -2.35. The van der Waals surface area contributed by atoms with Gasteiger partial charge in [0.05, 0.1) is 10.0 Å². The minimum Gasteiger partial charge on any atom is -0.122 e. The summed E-state index contributed by atoms with van der Waals surface area (Å²) in [6.07, 6.45) is 6.02. The SMILES string of the molecule is CC1(C)CCCCC1C(Cl)Cc1ccc(Cl)c(Cl)c1. The molecule has 1 aliphatic carbocycles. The highest BCUT2D eigenvalue weighted by atomic mass is 35.5. The number of benzene rings is 1. The molecule has 0 amide bonds. The van der Waals surface area contributed by atoms with Gasteiger partial charge < -0.3 is 0 Å². The highest BCUT2D eigenvalue weighted by Gasteiger charge is 2.36. The van der Waals surface area contributed by atoms with Crippen LogP contribution in [0.5, 0.6) is 0 Å². The number of hydrogen-bond acceptors (Lipinski definition) is 0. The lowest BCUT2D eigenvalue weighted by atomic mass is 9.67. The minimum absolute atomic E-state index is 0.174. The molecular formula is C16H21Cl3. The van der Waals surface area contributed by atoms with E-state index in [1.807, 2.05) is 18.2 Å². The molecule has 1 aromatic carbocycles. The van der Waals surface area contributed by atoms with Gasteiger partial charge in [-0.1, -0.05) is 56.0 Å². The lowest BCUT2D eigenvalue weighted by molar-refractivity contribution is 0.133. The monoisotopic (exact) mass is 318 g/mol. The van der Waals surface area contributed by atoms with Crippen LogP contribution in [0.1, 0.15) is 45.1 Å². The zero-order valence-electron chi connectivity index (χ0n) is 11.6. The number of rotatable bonds is 3. The first-order chi connectivity index (χ1) is 8.90. The van der Waals surface area contributed by atoms with Gasteiger partial charge in [0.1, 0.15) is 0 Å². The quantitative estimate of drug-likeness (QED) is 0.569. The minimum atomic E-state index is 0.174. The van der Waals surface area contributed by atoms with E-state index >= 15 is 0 Å². The summed E-state index contributed by atoms with van der Waals surface area (Å²) in [5, 5.41) is 1.40. The van der Waals surface area contributed by atoms with Crippen LogP contribution in [0.4, 0.5) is 0 Å². The van der Waals surface area contributed by atoms with Crippen molar-refractivity contribution in [2.45, 2.75) is 51.3 Å². The van der Waals surface area contributed by atoms with Crippen molar-refractivity contribution in [3.8, 4) is 0 Å². The van der Waals surface area contributed by atoms with Crippen molar-refractivity contribution in [1.29, 1.82) is 0 Å². The van der Waals surface area contributed by atoms with E-state index in [4.69, 9.17) is 34.8 Å². The van der Waals surface area contributed by atoms with Crippen LogP contribution in [-0.4, -0.2) is 5.38 Å². The molecule has 0 aromatic heterocycles. The summed E-state index contributed by atoms with van der Waals surface area (Å²) in [5.74, 6) is 0.581. The maximum absolute atomic E-state index is 6.69. The standard InChI is InChI=1S/C16H21Cl3/c1-16(2)8-4-3-5-12(16)14(18)9-11-6-7-13(17)15(19)10-11/h6-7,10,12,14H,3-5,8-9H2,1-2H3. The van der Waals surface area contributed by atoms with Gasteiger partial charge in [0.25, 0.3) is 0 Å². The van der Waals surface area contributed by atoms with Crippen LogP contribution in [-0.2, 0) is 6.42 Å². The van der Waals surface area contributed by atoms with Gasteiger partial charge in [0.2, 0.25) is 0 Å². The molecule has 19 heavy (non-hydrogen) atoms. The molecule has 3 heteroatoms. The second-order valence-corrected chi connectivity index (χ2v) is 7.68. The summed E-state index contributed by atoms with van der Waals surface area (Å²) in [7, 11) is 0. The Morgan fingerprint density at radius 2 is 1.95 bits per heavy atom. The van der Waals surface area contributed by atoms with Gasteiger partial charge >= 0.3 is 0 Å². The van der Waals surface area contributed by atoms with E-state index in [1.165, 1.54) is 31.2 Å². The Morgan fingerprint density at radius 3 is 2.58 bits per heavy atom. The van der Waals surface area contributed by atoms with Crippen molar-refractivity contribution in [1.82, 2.24) is 0 Å². The molecule has 1 aromatic rings. The third kappa shape index (κ3) is 3.80. The first-order valence-electron chi connectivity index (χ1n) is 6.98. The van der Waals surface area contributed by atoms with Crippen molar-refractivity contribution in [2.24, 2.45) is 11.3 Å². The largest absolute Gasteiger partial charge is 0.122 e. The fourth-order valence-electron chi connectivity index (χ4n) is 3.23. The number of halogens is 3. The van der Waals surface area contributed by atoms with E-state index in [9.17, 15) is 0 Å². The van der Waals surface area contributed by atoms with Crippen LogP contribution in [0.3, 0.4) is 0 Å². The Kier molecular flexibility index (Phi) is 5.09. The second-order valence-electron chi connectivity index (χ2n) is 6.31. The summed E-state index contributed by atoms with van der Waals surface area (Å²) in [6.45, 7) is 4.70. The summed E-state index contributed by atoms with van der Waals surface area (Å²) in [5.41, 5.74) is 1.52. The Hall–Kier alpha value is 0.0900. The highest BCUT2D eigenvalue weighted by Crippen LogP contribution is 2.44. The Labute approximate surface area is 131 Å². The molecule has 0 bridgehead atoms. The van der Waals surface area contributed by atoms with Gasteiger partial charge in [-0.3, -0.25) is 0 Å². The molecule has 1 saturated carbocycles. The molecule has 1 aliphatic rings. The van der Waals surface area contributed by atoms with E-state index < -0.39 is 0 Å². The van der Waals surface area contributed by atoms with Crippen LogP contribution in [0.2, 0.25) is 10.0 Å². The summed E-state index contributed by atoms with van der Waals surface area (Å²) < 4.78 is 0. The molecule has 2 atom stereocenters. The third-order valence-electron chi connectivity index (χ3n) is 4.44. The van der Waals surface area contributed by atoms with Crippen LogP contribution in [0, 0.1) is 11.3 Å². The summed E-state index contributed by atoms with van der Waals surface area (Å²) >= 11 is 18.7. The van der Waals surface area contributed by atoms with Gasteiger partial charge in [0.15, 0.2) is 0 Å². The molecule has 0 spiro atoms. The van der Waals surface area contributed by atoms with E-state index in [1.54, 1.807) is 0 Å². The molecule has 0 heterocycles. The van der Waals surface area contributed by atoms with E-state index in [-0.39, 0.29) is 5.38 Å². The molecule has 2 unspecified atom stereocenters. The van der Waals surface area contributed by atoms with Gasteiger partial charge in [0, 0.05) is 5.38 Å². The fourth-order valence-corrected chi connectivity index (χ4v) is 4.19. The fraction of sp³-hybridized carbons (Fsp3) is 0.625. The van der Waals surface area contributed by atoms with Crippen LogP contribution >= 0.6 is 34.8 Å². The van der Waals surface area contributed by atoms with Gasteiger partial charge in [-0.25, -0.2) is 0 Å². The van der Waals surface area contributed by atoms with Crippen LogP contribution < -0.4 is 0 Å². The zero-order chi connectivity index (χ0) is 14.0.